The molecule has 242 valence electrons. The first kappa shape index (κ1) is 36.6. The van der Waals surface area contributed by atoms with Gasteiger partial charge in [0.15, 0.2) is 11.3 Å². The molecule has 0 aliphatic heterocycles. The number of carboxylic acids is 2. The fourth-order valence-corrected chi connectivity index (χ4v) is 5.61. The smallest absolute Gasteiger partial charge is 0.334 e. The standard InChI is InChI=1S/C35H50N2O7/c1-2-3-4-5-6-7-8-9-10-11-12-13-14-15-16-19-30(38)27-20-22-28(23-21-27)32(40)37(31(39)26-36)35(34(43)44)24-17-18-29(25-35)33(41)42/h17-18,20-24H,2-16,19,25-26,36H2,1H3,(H,41,42)(H,43,44). The summed E-state index contributed by atoms with van der Waals surface area (Å²) in [7, 11) is 0. The normalized spacial score (nSPS) is 15.9. The molecule has 2 amide bonds. The highest BCUT2D eigenvalue weighted by atomic mass is 16.4. The number of carbonyl (C=O) groups is 5. The first-order chi connectivity index (χ1) is 21.2. The van der Waals surface area contributed by atoms with Gasteiger partial charge in [-0.2, -0.15) is 0 Å². The van der Waals surface area contributed by atoms with Gasteiger partial charge in [-0.1, -0.05) is 121 Å². The first-order valence-electron chi connectivity index (χ1n) is 16.2. The van der Waals surface area contributed by atoms with Crippen LogP contribution in [-0.2, 0) is 14.4 Å². The molecule has 0 aromatic heterocycles. The number of allylic oxidation sites excluding steroid dienone is 2. The number of aliphatic carboxylic acids is 2. The zero-order chi connectivity index (χ0) is 32.4. The largest absolute Gasteiger partial charge is 0.479 e. The van der Waals surface area contributed by atoms with Gasteiger partial charge in [-0.05, 0) is 24.6 Å². The molecule has 1 atom stereocenters. The van der Waals surface area contributed by atoms with E-state index in [1.807, 2.05) is 0 Å². The maximum atomic E-state index is 13.4. The van der Waals surface area contributed by atoms with Crippen molar-refractivity contribution >= 4 is 29.5 Å². The van der Waals surface area contributed by atoms with E-state index in [1.165, 1.54) is 113 Å². The van der Waals surface area contributed by atoms with Crippen LogP contribution in [0.3, 0.4) is 0 Å². The maximum Gasteiger partial charge on any atom is 0.334 e. The van der Waals surface area contributed by atoms with Crippen LogP contribution in [-0.4, -0.2) is 56.7 Å². The number of rotatable bonds is 22. The van der Waals surface area contributed by atoms with Crippen molar-refractivity contribution in [2.45, 2.75) is 122 Å². The molecule has 9 heteroatoms. The molecular weight excluding hydrogens is 560 g/mol. The molecule has 1 aromatic carbocycles. The second kappa shape index (κ2) is 19.6. The molecular formula is C35H50N2O7. The number of carbonyl (C=O) groups excluding carboxylic acids is 3. The summed E-state index contributed by atoms with van der Waals surface area (Å²) in [5.74, 6) is -4.89. The van der Waals surface area contributed by atoms with Gasteiger partial charge < -0.3 is 15.9 Å². The average molecular weight is 611 g/mol. The second-order valence-corrected chi connectivity index (χ2v) is 11.7. The SMILES string of the molecule is CCCCCCCCCCCCCCCCCC(=O)c1ccc(C(=O)N(C(=O)CN)C2(C(=O)O)C=CC=C(C(=O)O)C2)cc1. The third-order valence-electron chi connectivity index (χ3n) is 8.26. The molecule has 0 bridgehead atoms. The van der Waals surface area contributed by atoms with Crippen LogP contribution in [0.2, 0.25) is 0 Å². The molecule has 2 rings (SSSR count). The summed E-state index contributed by atoms with van der Waals surface area (Å²) < 4.78 is 0. The summed E-state index contributed by atoms with van der Waals surface area (Å²) in [5, 5.41) is 19.5. The number of nitrogens with zero attached hydrogens (tertiary/aromatic N) is 1. The van der Waals surface area contributed by atoms with E-state index in [-0.39, 0.29) is 16.9 Å². The predicted octanol–water partition coefficient (Wildman–Crippen LogP) is 6.85. The van der Waals surface area contributed by atoms with Crippen LogP contribution in [0, 0.1) is 0 Å². The quantitative estimate of drug-likeness (QED) is 0.0951. The molecule has 1 unspecified atom stereocenters. The van der Waals surface area contributed by atoms with Gasteiger partial charge in [0.25, 0.3) is 5.91 Å². The van der Waals surface area contributed by atoms with E-state index in [1.54, 1.807) is 0 Å². The zero-order valence-corrected chi connectivity index (χ0v) is 26.2. The van der Waals surface area contributed by atoms with E-state index in [4.69, 9.17) is 5.73 Å². The average Bonchev–Trinajstić information content (AvgIpc) is 3.02. The van der Waals surface area contributed by atoms with Gasteiger partial charge in [-0.3, -0.25) is 19.3 Å². The fourth-order valence-electron chi connectivity index (χ4n) is 5.61. The lowest BCUT2D eigenvalue weighted by Crippen LogP contribution is -2.60. The minimum Gasteiger partial charge on any atom is -0.479 e. The van der Waals surface area contributed by atoms with E-state index < -0.39 is 42.3 Å². The van der Waals surface area contributed by atoms with Crippen molar-refractivity contribution in [2.24, 2.45) is 5.73 Å². The Hall–Kier alpha value is -3.59. The summed E-state index contributed by atoms with van der Waals surface area (Å²) in [5.41, 5.74) is 3.39. The second-order valence-electron chi connectivity index (χ2n) is 11.7. The summed E-state index contributed by atoms with van der Waals surface area (Å²) in [6, 6.07) is 5.71. The van der Waals surface area contributed by atoms with Crippen LogP contribution in [0.1, 0.15) is 137 Å². The number of nitrogens with two attached hydrogens (primary N) is 1. The molecule has 0 saturated carbocycles. The van der Waals surface area contributed by atoms with Crippen molar-refractivity contribution in [1.29, 1.82) is 0 Å². The Bertz CT molecular complexity index is 1170. The Balaban J connectivity index is 1.80. The van der Waals surface area contributed by atoms with Crippen LogP contribution in [0.5, 0.6) is 0 Å². The molecule has 1 aromatic rings. The van der Waals surface area contributed by atoms with Crippen LogP contribution in [0.4, 0.5) is 0 Å². The lowest BCUT2D eigenvalue weighted by molar-refractivity contribution is -0.152. The molecule has 0 fully saturated rings. The number of benzene rings is 1. The van der Waals surface area contributed by atoms with Crippen molar-refractivity contribution in [1.82, 2.24) is 4.90 Å². The maximum absolute atomic E-state index is 13.4. The minimum atomic E-state index is -2.25. The molecule has 9 nitrogen and oxygen atoms in total. The molecule has 0 saturated heterocycles. The molecule has 0 heterocycles. The highest BCUT2D eigenvalue weighted by molar-refractivity contribution is 6.10. The van der Waals surface area contributed by atoms with Gasteiger partial charge in [-0.15, -0.1) is 0 Å². The number of ketones is 1. The third-order valence-corrected chi connectivity index (χ3v) is 8.26. The Morgan fingerprint density at radius 2 is 1.23 bits per heavy atom. The summed E-state index contributed by atoms with van der Waals surface area (Å²) >= 11 is 0. The van der Waals surface area contributed by atoms with Gasteiger partial charge in [0.2, 0.25) is 5.91 Å². The summed E-state index contributed by atoms with van der Waals surface area (Å²) in [6.07, 6.45) is 22.0. The molecule has 4 N–H and O–H groups in total. The summed E-state index contributed by atoms with van der Waals surface area (Å²) in [6.45, 7) is 1.59. The number of hydrogen-bond acceptors (Lipinski definition) is 6. The highest BCUT2D eigenvalue weighted by Gasteiger charge is 2.50. The van der Waals surface area contributed by atoms with E-state index in [2.05, 4.69) is 6.92 Å². The number of imide groups is 1. The van der Waals surface area contributed by atoms with Crippen molar-refractivity contribution in [3.63, 3.8) is 0 Å². The Morgan fingerprint density at radius 3 is 1.68 bits per heavy atom. The van der Waals surface area contributed by atoms with Gasteiger partial charge in [0, 0.05) is 29.5 Å². The summed E-state index contributed by atoms with van der Waals surface area (Å²) in [4.78, 5) is 63.4. The molecule has 1 aliphatic carbocycles. The van der Waals surface area contributed by atoms with Crippen molar-refractivity contribution < 1.29 is 34.2 Å². The number of carboxylic acid groups (broad SMARTS) is 2. The highest BCUT2D eigenvalue weighted by Crippen LogP contribution is 2.32. The van der Waals surface area contributed by atoms with Crippen molar-refractivity contribution in [3.05, 3.63) is 59.2 Å². The van der Waals surface area contributed by atoms with E-state index in [0.29, 0.717) is 16.9 Å². The Labute approximate surface area is 261 Å². The van der Waals surface area contributed by atoms with Gasteiger partial charge in [0.05, 0.1) is 6.54 Å². The molecule has 44 heavy (non-hydrogen) atoms. The lowest BCUT2D eigenvalue weighted by atomic mass is 9.84. The topological polar surface area (TPSA) is 155 Å². The van der Waals surface area contributed by atoms with E-state index in [0.717, 1.165) is 25.3 Å². The van der Waals surface area contributed by atoms with E-state index in [9.17, 15) is 34.2 Å². The van der Waals surface area contributed by atoms with Crippen LogP contribution in [0.25, 0.3) is 0 Å². The minimum absolute atomic E-state index is 0.0178. The monoisotopic (exact) mass is 610 g/mol. The molecule has 0 radical (unpaired) electrons. The van der Waals surface area contributed by atoms with Gasteiger partial charge in [0.1, 0.15) is 0 Å². The van der Waals surface area contributed by atoms with Crippen molar-refractivity contribution in [2.75, 3.05) is 6.54 Å². The number of unbranched alkanes of at least 4 members (excludes halogenated alkanes) is 14. The van der Waals surface area contributed by atoms with Gasteiger partial charge >= 0.3 is 11.9 Å². The Kier molecular flexibility index (Phi) is 16.3. The van der Waals surface area contributed by atoms with Crippen LogP contribution in [0.15, 0.2) is 48.1 Å². The number of Topliss-reactive ketones (excluding diaryl/α,β-unsaturated/α-hetero) is 1. The predicted molar refractivity (Wildman–Crippen MR) is 170 cm³/mol. The van der Waals surface area contributed by atoms with Crippen molar-refractivity contribution in [3.8, 4) is 0 Å². The van der Waals surface area contributed by atoms with E-state index >= 15 is 0 Å². The lowest BCUT2D eigenvalue weighted by Gasteiger charge is -2.38. The zero-order valence-electron chi connectivity index (χ0n) is 26.2. The van der Waals surface area contributed by atoms with Crippen LogP contribution >= 0.6 is 0 Å². The number of amides is 2. The molecule has 1 aliphatic rings. The number of hydrogen-bond donors (Lipinski definition) is 3. The third kappa shape index (κ3) is 11.2. The molecule has 0 spiro atoms. The first-order valence-corrected chi connectivity index (χ1v) is 16.2. The Morgan fingerprint density at radius 1 is 0.750 bits per heavy atom. The fraction of sp³-hybridized carbons (Fsp3) is 0.571. The van der Waals surface area contributed by atoms with Gasteiger partial charge in [-0.25, -0.2) is 9.59 Å². The van der Waals surface area contributed by atoms with Crippen LogP contribution < -0.4 is 5.73 Å².